The predicted molar refractivity (Wildman–Crippen MR) is 99.5 cm³/mol. The van der Waals surface area contributed by atoms with E-state index in [2.05, 4.69) is 10.4 Å². The van der Waals surface area contributed by atoms with Gasteiger partial charge in [-0.2, -0.15) is 5.10 Å². The van der Waals surface area contributed by atoms with Gasteiger partial charge in [-0.15, -0.1) is 0 Å². The fourth-order valence-electron chi connectivity index (χ4n) is 3.47. The van der Waals surface area contributed by atoms with Crippen molar-refractivity contribution in [1.29, 1.82) is 0 Å². The molecular formula is C20H26N4O2. The molecule has 1 aliphatic rings. The summed E-state index contributed by atoms with van der Waals surface area (Å²) in [5, 5.41) is 7.49. The Morgan fingerprint density at radius 2 is 1.88 bits per heavy atom. The standard InChI is InChI=1S/C20H26N4O2/c1-15(25)24-10-8-16(9-11-24)12-19-18(14-23(2)22-19)20(26)21-13-17-6-4-3-5-7-17/h3-7,14,16H,8-13H2,1-2H3,(H,21,26). The summed E-state index contributed by atoms with van der Waals surface area (Å²) in [4.78, 5) is 26.0. The number of piperidine rings is 1. The molecule has 2 aromatic rings. The number of aromatic nitrogens is 2. The van der Waals surface area contributed by atoms with Gasteiger partial charge in [0, 0.05) is 39.8 Å². The van der Waals surface area contributed by atoms with E-state index in [0.717, 1.165) is 43.6 Å². The van der Waals surface area contributed by atoms with E-state index in [0.29, 0.717) is 18.0 Å². The molecule has 0 atom stereocenters. The molecule has 138 valence electrons. The molecule has 1 aromatic carbocycles. The van der Waals surface area contributed by atoms with Gasteiger partial charge in [-0.05, 0) is 30.7 Å². The molecule has 1 saturated heterocycles. The molecule has 6 heteroatoms. The Morgan fingerprint density at radius 1 is 1.19 bits per heavy atom. The zero-order valence-electron chi connectivity index (χ0n) is 15.4. The second-order valence-electron chi connectivity index (χ2n) is 6.98. The second kappa shape index (κ2) is 8.17. The first-order valence-electron chi connectivity index (χ1n) is 9.13. The van der Waals surface area contributed by atoms with Crippen molar-refractivity contribution >= 4 is 11.8 Å². The Hall–Kier alpha value is -2.63. The molecule has 1 aliphatic heterocycles. The van der Waals surface area contributed by atoms with Crippen molar-refractivity contribution < 1.29 is 9.59 Å². The first-order valence-corrected chi connectivity index (χ1v) is 9.13. The molecule has 0 aliphatic carbocycles. The molecule has 1 N–H and O–H groups in total. The molecule has 3 rings (SSSR count). The molecule has 0 saturated carbocycles. The number of carbonyl (C=O) groups excluding carboxylic acids is 2. The molecule has 0 bridgehead atoms. The van der Waals surface area contributed by atoms with Crippen LogP contribution in [0.5, 0.6) is 0 Å². The maximum atomic E-state index is 12.6. The van der Waals surface area contributed by atoms with Gasteiger partial charge in [0.1, 0.15) is 0 Å². The second-order valence-corrected chi connectivity index (χ2v) is 6.98. The van der Waals surface area contributed by atoms with Crippen LogP contribution in [0.4, 0.5) is 0 Å². The van der Waals surface area contributed by atoms with Crippen molar-refractivity contribution in [3.8, 4) is 0 Å². The Balaban J connectivity index is 1.61. The van der Waals surface area contributed by atoms with E-state index in [4.69, 9.17) is 0 Å². The average molecular weight is 354 g/mol. The molecule has 26 heavy (non-hydrogen) atoms. The molecule has 2 heterocycles. The van der Waals surface area contributed by atoms with Gasteiger partial charge in [0.25, 0.3) is 5.91 Å². The Bertz CT molecular complexity index is 761. The lowest BCUT2D eigenvalue weighted by Gasteiger charge is -2.31. The van der Waals surface area contributed by atoms with E-state index in [9.17, 15) is 9.59 Å². The van der Waals surface area contributed by atoms with Crippen molar-refractivity contribution in [3.05, 3.63) is 53.3 Å². The fourth-order valence-corrected chi connectivity index (χ4v) is 3.47. The van der Waals surface area contributed by atoms with E-state index in [1.807, 2.05) is 42.3 Å². The van der Waals surface area contributed by atoms with Gasteiger partial charge in [0.2, 0.25) is 5.91 Å². The molecule has 0 unspecified atom stereocenters. The lowest BCUT2D eigenvalue weighted by molar-refractivity contribution is -0.130. The van der Waals surface area contributed by atoms with E-state index in [-0.39, 0.29) is 11.8 Å². The topological polar surface area (TPSA) is 67.2 Å². The third-order valence-corrected chi connectivity index (χ3v) is 4.99. The Morgan fingerprint density at radius 3 is 2.54 bits per heavy atom. The number of nitrogens with zero attached hydrogens (tertiary/aromatic N) is 3. The van der Waals surface area contributed by atoms with Crippen molar-refractivity contribution in [2.24, 2.45) is 13.0 Å². The lowest BCUT2D eigenvalue weighted by atomic mass is 9.91. The fraction of sp³-hybridized carbons (Fsp3) is 0.450. The van der Waals surface area contributed by atoms with Crippen molar-refractivity contribution in [3.63, 3.8) is 0 Å². The number of hydrogen-bond donors (Lipinski definition) is 1. The first kappa shape index (κ1) is 18.2. The normalized spacial score (nSPS) is 15.1. The van der Waals surface area contributed by atoms with Crippen LogP contribution in [0.2, 0.25) is 0 Å². The highest BCUT2D eigenvalue weighted by Crippen LogP contribution is 2.22. The minimum absolute atomic E-state index is 0.0851. The van der Waals surface area contributed by atoms with Gasteiger partial charge in [0.15, 0.2) is 0 Å². The maximum Gasteiger partial charge on any atom is 0.255 e. The molecule has 6 nitrogen and oxygen atoms in total. The van der Waals surface area contributed by atoms with Gasteiger partial charge >= 0.3 is 0 Å². The van der Waals surface area contributed by atoms with Crippen LogP contribution in [0.1, 0.15) is 41.4 Å². The molecule has 1 fully saturated rings. The minimum Gasteiger partial charge on any atom is -0.348 e. The number of carbonyl (C=O) groups is 2. The van der Waals surface area contributed by atoms with Crippen LogP contribution in [0.3, 0.4) is 0 Å². The molecule has 2 amide bonds. The largest absolute Gasteiger partial charge is 0.348 e. The number of hydrogen-bond acceptors (Lipinski definition) is 3. The van der Waals surface area contributed by atoms with Crippen LogP contribution in [-0.2, 0) is 24.8 Å². The number of rotatable bonds is 5. The van der Waals surface area contributed by atoms with E-state index < -0.39 is 0 Å². The number of aryl methyl sites for hydroxylation is 1. The van der Waals surface area contributed by atoms with Crippen LogP contribution in [-0.4, -0.2) is 39.6 Å². The molecular weight excluding hydrogens is 328 g/mol. The number of benzene rings is 1. The summed E-state index contributed by atoms with van der Waals surface area (Å²) in [7, 11) is 1.84. The quantitative estimate of drug-likeness (QED) is 0.895. The molecule has 0 spiro atoms. The van der Waals surface area contributed by atoms with Gasteiger partial charge in [-0.25, -0.2) is 0 Å². The number of nitrogens with one attached hydrogen (secondary N) is 1. The molecule has 1 aromatic heterocycles. The van der Waals surface area contributed by atoms with Crippen molar-refractivity contribution in [1.82, 2.24) is 20.0 Å². The van der Waals surface area contributed by atoms with Crippen molar-refractivity contribution in [2.75, 3.05) is 13.1 Å². The summed E-state index contributed by atoms with van der Waals surface area (Å²) < 4.78 is 1.71. The van der Waals surface area contributed by atoms with Crippen LogP contribution in [0, 0.1) is 5.92 Å². The van der Waals surface area contributed by atoms with Gasteiger partial charge in [-0.1, -0.05) is 30.3 Å². The predicted octanol–water partition coefficient (Wildman–Crippen LogP) is 2.15. The Labute approximate surface area is 154 Å². The highest BCUT2D eigenvalue weighted by molar-refractivity contribution is 5.95. The summed E-state index contributed by atoms with van der Waals surface area (Å²) in [5.74, 6) is 0.515. The van der Waals surface area contributed by atoms with E-state index in [1.165, 1.54) is 0 Å². The minimum atomic E-state index is -0.0851. The Kier molecular flexibility index (Phi) is 5.71. The number of amides is 2. The zero-order chi connectivity index (χ0) is 18.5. The van der Waals surface area contributed by atoms with Crippen molar-refractivity contribution in [2.45, 2.75) is 32.7 Å². The first-order chi connectivity index (χ1) is 12.5. The zero-order valence-corrected chi connectivity index (χ0v) is 15.4. The SMILES string of the molecule is CC(=O)N1CCC(Cc2nn(C)cc2C(=O)NCc2ccccc2)CC1. The van der Waals surface area contributed by atoms with E-state index in [1.54, 1.807) is 17.8 Å². The maximum absolute atomic E-state index is 12.6. The molecule has 0 radical (unpaired) electrons. The average Bonchev–Trinajstić information content (AvgIpc) is 3.01. The van der Waals surface area contributed by atoms with Crippen LogP contribution < -0.4 is 5.32 Å². The summed E-state index contributed by atoms with van der Waals surface area (Å²) >= 11 is 0. The summed E-state index contributed by atoms with van der Waals surface area (Å²) in [6, 6.07) is 9.87. The van der Waals surface area contributed by atoms with Crippen LogP contribution >= 0.6 is 0 Å². The third kappa shape index (κ3) is 4.50. The smallest absolute Gasteiger partial charge is 0.255 e. The number of likely N-dealkylation sites (tertiary alicyclic amines) is 1. The highest BCUT2D eigenvalue weighted by Gasteiger charge is 2.24. The monoisotopic (exact) mass is 354 g/mol. The highest BCUT2D eigenvalue weighted by atomic mass is 16.2. The summed E-state index contributed by atoms with van der Waals surface area (Å²) in [6.45, 7) is 3.71. The summed E-state index contributed by atoms with van der Waals surface area (Å²) in [5.41, 5.74) is 2.57. The third-order valence-electron chi connectivity index (χ3n) is 4.99. The summed E-state index contributed by atoms with van der Waals surface area (Å²) in [6.07, 6.45) is 4.49. The van der Waals surface area contributed by atoms with Gasteiger partial charge < -0.3 is 10.2 Å². The van der Waals surface area contributed by atoms with Gasteiger partial charge in [0.05, 0.1) is 11.3 Å². The van der Waals surface area contributed by atoms with Crippen LogP contribution in [0.15, 0.2) is 36.5 Å². The van der Waals surface area contributed by atoms with Crippen LogP contribution in [0.25, 0.3) is 0 Å². The van der Waals surface area contributed by atoms with Gasteiger partial charge in [-0.3, -0.25) is 14.3 Å². The van der Waals surface area contributed by atoms with E-state index >= 15 is 0 Å². The lowest BCUT2D eigenvalue weighted by Crippen LogP contribution is -2.37.